The molecule has 0 aliphatic heterocycles. The van der Waals surface area contributed by atoms with E-state index in [1.165, 1.54) is 11.3 Å². The van der Waals surface area contributed by atoms with Crippen LogP contribution in [0.2, 0.25) is 0 Å². The number of nitrogens with zero attached hydrogens (tertiary/aromatic N) is 1. The number of likely N-dealkylation sites (N-methyl/N-ethyl adjacent to an activating group) is 1. The van der Waals surface area contributed by atoms with Crippen LogP contribution in [-0.2, 0) is 0 Å². The standard InChI is InChI=1S/C12H22N2S/c1-4-7-13-8-9-14(3)11(2)12-6-5-10-15-12/h5-6,10-11,13H,4,7-9H2,1-3H3. The number of hydrogen-bond donors (Lipinski definition) is 1. The van der Waals surface area contributed by atoms with Gasteiger partial charge in [-0.1, -0.05) is 13.0 Å². The van der Waals surface area contributed by atoms with Crippen molar-refractivity contribution in [1.29, 1.82) is 0 Å². The Hall–Kier alpha value is -0.380. The fourth-order valence-corrected chi connectivity index (χ4v) is 2.35. The first-order valence-electron chi connectivity index (χ1n) is 5.70. The number of rotatable bonds is 7. The van der Waals surface area contributed by atoms with Crippen molar-refractivity contribution in [3.8, 4) is 0 Å². The first-order chi connectivity index (χ1) is 7.25. The average molecular weight is 226 g/mol. The third-order valence-electron chi connectivity index (χ3n) is 2.68. The van der Waals surface area contributed by atoms with Gasteiger partial charge in [0.05, 0.1) is 0 Å². The number of nitrogens with one attached hydrogen (secondary N) is 1. The maximum atomic E-state index is 3.43. The summed E-state index contributed by atoms with van der Waals surface area (Å²) >= 11 is 1.84. The molecular formula is C12H22N2S. The Bertz CT molecular complexity index is 246. The van der Waals surface area contributed by atoms with Crippen LogP contribution in [0.3, 0.4) is 0 Å². The van der Waals surface area contributed by atoms with Crippen LogP contribution in [0, 0.1) is 0 Å². The molecule has 0 fully saturated rings. The van der Waals surface area contributed by atoms with Crippen molar-refractivity contribution in [3.05, 3.63) is 22.4 Å². The first-order valence-corrected chi connectivity index (χ1v) is 6.58. The molecule has 1 unspecified atom stereocenters. The molecule has 3 heteroatoms. The molecule has 1 aromatic heterocycles. The van der Waals surface area contributed by atoms with Crippen LogP contribution in [-0.4, -0.2) is 31.6 Å². The minimum atomic E-state index is 0.536. The van der Waals surface area contributed by atoms with Crippen LogP contribution in [0.1, 0.15) is 31.2 Å². The highest BCUT2D eigenvalue weighted by Crippen LogP contribution is 2.22. The molecule has 86 valence electrons. The van der Waals surface area contributed by atoms with Gasteiger partial charge in [-0.2, -0.15) is 0 Å². The van der Waals surface area contributed by atoms with E-state index in [-0.39, 0.29) is 0 Å². The Kier molecular flexibility index (Phi) is 5.91. The minimum Gasteiger partial charge on any atom is -0.315 e. The predicted octanol–water partition coefficient (Wildman–Crippen LogP) is 2.74. The van der Waals surface area contributed by atoms with Gasteiger partial charge in [0, 0.05) is 24.0 Å². The lowest BCUT2D eigenvalue weighted by Gasteiger charge is -2.23. The topological polar surface area (TPSA) is 15.3 Å². The van der Waals surface area contributed by atoms with E-state index >= 15 is 0 Å². The van der Waals surface area contributed by atoms with Gasteiger partial charge >= 0.3 is 0 Å². The molecule has 1 rings (SSSR count). The molecule has 0 saturated heterocycles. The van der Waals surface area contributed by atoms with E-state index in [0.29, 0.717) is 6.04 Å². The number of thiophene rings is 1. The fraction of sp³-hybridized carbons (Fsp3) is 0.667. The molecule has 0 radical (unpaired) electrons. The molecule has 1 heterocycles. The van der Waals surface area contributed by atoms with Crippen molar-refractivity contribution in [2.45, 2.75) is 26.3 Å². The molecule has 2 nitrogen and oxygen atoms in total. The molecule has 15 heavy (non-hydrogen) atoms. The summed E-state index contributed by atoms with van der Waals surface area (Å²) in [5, 5.41) is 5.58. The van der Waals surface area contributed by atoms with Crippen LogP contribution < -0.4 is 5.32 Å². The minimum absolute atomic E-state index is 0.536. The highest BCUT2D eigenvalue weighted by molar-refractivity contribution is 7.10. The van der Waals surface area contributed by atoms with Gasteiger partial charge in [0.25, 0.3) is 0 Å². The Balaban J connectivity index is 2.24. The lowest BCUT2D eigenvalue weighted by atomic mass is 10.2. The second-order valence-corrected chi connectivity index (χ2v) is 4.90. The third kappa shape index (κ3) is 4.33. The van der Waals surface area contributed by atoms with Gasteiger partial charge in [-0.3, -0.25) is 4.90 Å². The summed E-state index contributed by atoms with van der Waals surface area (Å²) in [6.45, 7) is 7.79. The molecule has 0 aliphatic carbocycles. The van der Waals surface area contributed by atoms with Gasteiger partial charge < -0.3 is 5.32 Å². The lowest BCUT2D eigenvalue weighted by Crippen LogP contribution is -2.31. The van der Waals surface area contributed by atoms with Crippen LogP contribution in [0.25, 0.3) is 0 Å². The van der Waals surface area contributed by atoms with Crippen molar-refractivity contribution >= 4 is 11.3 Å². The van der Waals surface area contributed by atoms with Gasteiger partial charge in [-0.05, 0) is 38.4 Å². The third-order valence-corrected chi connectivity index (χ3v) is 3.73. The van der Waals surface area contributed by atoms with Gasteiger partial charge in [0.15, 0.2) is 0 Å². The summed E-state index contributed by atoms with van der Waals surface area (Å²) in [6, 6.07) is 4.87. The Morgan fingerprint density at radius 1 is 1.47 bits per heavy atom. The summed E-state index contributed by atoms with van der Waals surface area (Å²) in [6.07, 6.45) is 1.21. The van der Waals surface area contributed by atoms with E-state index in [1.54, 1.807) is 0 Å². The van der Waals surface area contributed by atoms with Crippen molar-refractivity contribution < 1.29 is 0 Å². The van der Waals surface area contributed by atoms with Crippen molar-refractivity contribution in [3.63, 3.8) is 0 Å². The van der Waals surface area contributed by atoms with Crippen molar-refractivity contribution in [2.24, 2.45) is 0 Å². The second-order valence-electron chi connectivity index (χ2n) is 3.92. The van der Waals surface area contributed by atoms with E-state index in [1.807, 2.05) is 11.3 Å². The molecular weight excluding hydrogens is 204 g/mol. The second kappa shape index (κ2) is 6.99. The summed E-state index contributed by atoms with van der Waals surface area (Å²) in [5.74, 6) is 0. The van der Waals surface area contributed by atoms with Gasteiger partial charge in [-0.15, -0.1) is 11.3 Å². The summed E-state index contributed by atoms with van der Waals surface area (Å²) < 4.78 is 0. The summed E-state index contributed by atoms with van der Waals surface area (Å²) in [4.78, 5) is 3.85. The zero-order valence-corrected chi connectivity index (χ0v) is 10.8. The van der Waals surface area contributed by atoms with Gasteiger partial charge in [-0.25, -0.2) is 0 Å². The molecule has 0 aromatic carbocycles. The van der Waals surface area contributed by atoms with Crippen LogP contribution in [0.15, 0.2) is 17.5 Å². The molecule has 0 amide bonds. The highest BCUT2D eigenvalue weighted by Gasteiger charge is 2.11. The maximum Gasteiger partial charge on any atom is 0.0410 e. The van der Waals surface area contributed by atoms with Crippen molar-refractivity contribution in [2.75, 3.05) is 26.7 Å². The molecule has 0 bridgehead atoms. The molecule has 1 N–H and O–H groups in total. The molecule has 0 aliphatic rings. The molecule has 0 spiro atoms. The largest absolute Gasteiger partial charge is 0.315 e. The fourth-order valence-electron chi connectivity index (χ4n) is 1.50. The van der Waals surface area contributed by atoms with E-state index in [0.717, 1.165) is 19.6 Å². The van der Waals surface area contributed by atoms with Crippen LogP contribution in [0.4, 0.5) is 0 Å². The van der Waals surface area contributed by atoms with Crippen LogP contribution >= 0.6 is 11.3 Å². The Labute approximate surface area is 97.3 Å². The number of hydrogen-bond acceptors (Lipinski definition) is 3. The normalized spacial score (nSPS) is 13.3. The van der Waals surface area contributed by atoms with Gasteiger partial charge in [0.2, 0.25) is 0 Å². The maximum absolute atomic E-state index is 3.43. The highest BCUT2D eigenvalue weighted by atomic mass is 32.1. The van der Waals surface area contributed by atoms with E-state index in [4.69, 9.17) is 0 Å². The first kappa shape index (κ1) is 12.7. The lowest BCUT2D eigenvalue weighted by molar-refractivity contribution is 0.264. The predicted molar refractivity (Wildman–Crippen MR) is 68.5 cm³/mol. The zero-order valence-electron chi connectivity index (χ0n) is 9.99. The SMILES string of the molecule is CCCNCCN(C)C(C)c1cccs1. The Morgan fingerprint density at radius 3 is 2.87 bits per heavy atom. The quantitative estimate of drug-likeness (QED) is 0.719. The van der Waals surface area contributed by atoms with E-state index in [9.17, 15) is 0 Å². The molecule has 1 aromatic rings. The average Bonchev–Trinajstić information content (AvgIpc) is 2.76. The van der Waals surface area contributed by atoms with E-state index in [2.05, 4.69) is 48.6 Å². The molecule has 1 atom stereocenters. The Morgan fingerprint density at radius 2 is 2.27 bits per heavy atom. The monoisotopic (exact) mass is 226 g/mol. The van der Waals surface area contributed by atoms with Gasteiger partial charge in [0.1, 0.15) is 0 Å². The van der Waals surface area contributed by atoms with Crippen molar-refractivity contribution in [1.82, 2.24) is 10.2 Å². The van der Waals surface area contributed by atoms with E-state index < -0.39 is 0 Å². The summed E-state index contributed by atoms with van der Waals surface area (Å²) in [7, 11) is 2.19. The van der Waals surface area contributed by atoms with Crippen LogP contribution in [0.5, 0.6) is 0 Å². The summed E-state index contributed by atoms with van der Waals surface area (Å²) in [5.41, 5.74) is 0. The smallest absolute Gasteiger partial charge is 0.0410 e. The zero-order chi connectivity index (χ0) is 11.1. The molecule has 0 saturated carbocycles.